The van der Waals surface area contributed by atoms with Crippen molar-refractivity contribution in [2.75, 3.05) is 13.1 Å². The van der Waals surface area contributed by atoms with Gasteiger partial charge in [0.1, 0.15) is 0 Å². The van der Waals surface area contributed by atoms with Crippen molar-refractivity contribution in [2.45, 2.75) is 38.3 Å². The topological polar surface area (TPSA) is 75.4 Å². The number of carbonyl (C=O) groups excluding carboxylic acids is 2. The van der Waals surface area contributed by atoms with Gasteiger partial charge in [0.05, 0.1) is 12.5 Å². The third-order valence-corrected chi connectivity index (χ3v) is 5.01. The lowest BCUT2D eigenvalue weighted by Crippen LogP contribution is -2.46. The van der Waals surface area contributed by atoms with Gasteiger partial charge in [-0.05, 0) is 37.5 Å². The van der Waals surface area contributed by atoms with Crippen molar-refractivity contribution in [1.82, 2.24) is 10.2 Å². The Hall–Kier alpha value is -2.37. The van der Waals surface area contributed by atoms with Crippen LogP contribution in [0.3, 0.4) is 0 Å². The highest BCUT2D eigenvalue weighted by atomic mass is 35.5. The summed E-state index contributed by atoms with van der Waals surface area (Å²) in [6.07, 6.45) is 2.11. The zero-order valence-corrected chi connectivity index (χ0v) is 17.0. The Morgan fingerprint density at radius 2 is 1.82 bits per heavy atom. The SMILES string of the molecule is Cc1ccc(C(=O)NC(CC(=O)N2CCCC(N)C2)c2ccccc2)cc1.Cl. The number of piperidine rings is 1. The van der Waals surface area contributed by atoms with Crippen LogP contribution in [0.1, 0.15) is 46.8 Å². The van der Waals surface area contributed by atoms with E-state index in [-0.39, 0.29) is 42.7 Å². The fraction of sp³-hybridized carbons (Fsp3) is 0.364. The second-order valence-electron chi connectivity index (χ2n) is 7.25. The first kappa shape index (κ1) is 21.9. The minimum absolute atomic E-state index is 0. The standard InChI is InChI=1S/C22H27N3O2.ClH/c1-16-9-11-18(12-10-16)22(27)24-20(17-6-3-2-4-7-17)14-21(26)25-13-5-8-19(23)15-25;/h2-4,6-7,9-12,19-20H,5,8,13-15,23H2,1H3,(H,24,27);1H. The largest absolute Gasteiger partial charge is 0.345 e. The highest BCUT2D eigenvalue weighted by Crippen LogP contribution is 2.20. The number of likely N-dealkylation sites (tertiary alicyclic amines) is 1. The van der Waals surface area contributed by atoms with Crippen LogP contribution in [0, 0.1) is 6.92 Å². The van der Waals surface area contributed by atoms with Gasteiger partial charge < -0.3 is 16.0 Å². The van der Waals surface area contributed by atoms with Gasteiger partial charge in [-0.25, -0.2) is 0 Å². The monoisotopic (exact) mass is 401 g/mol. The van der Waals surface area contributed by atoms with E-state index in [1.807, 2.05) is 54.3 Å². The summed E-state index contributed by atoms with van der Waals surface area (Å²) in [7, 11) is 0. The van der Waals surface area contributed by atoms with Crippen LogP contribution in [0.2, 0.25) is 0 Å². The van der Waals surface area contributed by atoms with Gasteiger partial charge in [-0.3, -0.25) is 9.59 Å². The zero-order chi connectivity index (χ0) is 19.2. The second kappa shape index (κ2) is 10.2. The molecule has 0 radical (unpaired) electrons. The molecule has 1 heterocycles. The van der Waals surface area contributed by atoms with E-state index in [9.17, 15) is 9.59 Å². The van der Waals surface area contributed by atoms with Gasteiger partial charge >= 0.3 is 0 Å². The lowest BCUT2D eigenvalue weighted by Gasteiger charge is -2.32. The number of rotatable bonds is 5. The molecule has 0 spiro atoms. The van der Waals surface area contributed by atoms with E-state index in [4.69, 9.17) is 5.73 Å². The van der Waals surface area contributed by atoms with Gasteiger partial charge in [-0.15, -0.1) is 12.4 Å². The average molecular weight is 402 g/mol. The number of hydrogen-bond acceptors (Lipinski definition) is 3. The normalized spacial score (nSPS) is 17.4. The Balaban J connectivity index is 0.00000280. The predicted octanol–water partition coefficient (Wildman–Crippen LogP) is 3.23. The maximum atomic E-state index is 12.8. The average Bonchev–Trinajstić information content (AvgIpc) is 2.68. The minimum atomic E-state index is -0.370. The lowest BCUT2D eigenvalue weighted by molar-refractivity contribution is -0.132. The van der Waals surface area contributed by atoms with Crippen LogP contribution in [0.5, 0.6) is 0 Å². The van der Waals surface area contributed by atoms with Crippen molar-refractivity contribution < 1.29 is 9.59 Å². The third-order valence-electron chi connectivity index (χ3n) is 5.01. The van der Waals surface area contributed by atoms with Gasteiger partial charge in [-0.1, -0.05) is 48.0 Å². The molecule has 2 aromatic carbocycles. The zero-order valence-electron chi connectivity index (χ0n) is 16.1. The van der Waals surface area contributed by atoms with Crippen molar-refractivity contribution in [3.8, 4) is 0 Å². The van der Waals surface area contributed by atoms with E-state index in [1.165, 1.54) is 0 Å². The summed E-state index contributed by atoms with van der Waals surface area (Å²) in [5.74, 6) is -0.143. The van der Waals surface area contributed by atoms with Crippen LogP contribution in [-0.4, -0.2) is 35.8 Å². The van der Waals surface area contributed by atoms with Gasteiger partial charge in [0.15, 0.2) is 0 Å². The number of nitrogens with one attached hydrogen (secondary N) is 1. The highest BCUT2D eigenvalue weighted by molar-refractivity contribution is 5.94. The Morgan fingerprint density at radius 1 is 1.14 bits per heavy atom. The minimum Gasteiger partial charge on any atom is -0.345 e. The summed E-state index contributed by atoms with van der Waals surface area (Å²) < 4.78 is 0. The molecule has 0 aromatic heterocycles. The number of amides is 2. The first-order chi connectivity index (χ1) is 13.0. The molecule has 0 aliphatic carbocycles. The Morgan fingerprint density at radius 3 is 2.46 bits per heavy atom. The molecule has 2 unspecified atom stereocenters. The van der Waals surface area contributed by atoms with E-state index in [0.29, 0.717) is 12.1 Å². The van der Waals surface area contributed by atoms with Gasteiger partial charge in [0.25, 0.3) is 5.91 Å². The predicted molar refractivity (Wildman–Crippen MR) is 113 cm³/mol. The first-order valence-corrected chi connectivity index (χ1v) is 9.49. The maximum absolute atomic E-state index is 12.8. The van der Waals surface area contributed by atoms with E-state index < -0.39 is 0 Å². The first-order valence-electron chi connectivity index (χ1n) is 9.49. The number of nitrogens with two attached hydrogens (primary N) is 1. The Labute approximate surface area is 172 Å². The van der Waals surface area contributed by atoms with Crippen LogP contribution < -0.4 is 11.1 Å². The third kappa shape index (κ3) is 5.81. The molecule has 3 rings (SSSR count). The molecule has 1 aliphatic heterocycles. The van der Waals surface area contributed by atoms with Crippen LogP contribution in [0.15, 0.2) is 54.6 Å². The van der Waals surface area contributed by atoms with Crippen LogP contribution in [-0.2, 0) is 4.79 Å². The Bertz CT molecular complexity index is 780. The number of halogens is 1. The molecule has 1 saturated heterocycles. The molecule has 0 bridgehead atoms. The summed E-state index contributed by atoms with van der Waals surface area (Å²) in [5, 5.41) is 3.03. The smallest absolute Gasteiger partial charge is 0.251 e. The van der Waals surface area contributed by atoms with Gasteiger partial charge in [-0.2, -0.15) is 0 Å². The maximum Gasteiger partial charge on any atom is 0.251 e. The van der Waals surface area contributed by atoms with E-state index in [2.05, 4.69) is 5.32 Å². The van der Waals surface area contributed by atoms with Crippen molar-refractivity contribution >= 4 is 24.2 Å². The molecule has 2 atom stereocenters. The molecule has 28 heavy (non-hydrogen) atoms. The molecule has 2 amide bonds. The summed E-state index contributed by atoms with van der Waals surface area (Å²) in [4.78, 5) is 27.3. The van der Waals surface area contributed by atoms with E-state index in [0.717, 1.165) is 30.5 Å². The van der Waals surface area contributed by atoms with Gasteiger partial charge in [0.2, 0.25) is 5.91 Å². The van der Waals surface area contributed by atoms with E-state index in [1.54, 1.807) is 12.1 Å². The lowest BCUT2D eigenvalue weighted by atomic mass is 10.0. The number of nitrogens with zero attached hydrogens (tertiary/aromatic N) is 1. The summed E-state index contributed by atoms with van der Waals surface area (Å²) in [5.41, 5.74) is 8.63. The molecule has 150 valence electrons. The number of aryl methyl sites for hydroxylation is 1. The molecule has 0 saturated carbocycles. The molecule has 2 aromatic rings. The molecule has 3 N–H and O–H groups in total. The number of hydrogen-bond donors (Lipinski definition) is 2. The van der Waals surface area contributed by atoms with Crippen LogP contribution in [0.25, 0.3) is 0 Å². The summed E-state index contributed by atoms with van der Waals surface area (Å²) in [6.45, 7) is 3.31. The van der Waals surface area contributed by atoms with E-state index >= 15 is 0 Å². The van der Waals surface area contributed by atoms with Crippen molar-refractivity contribution in [1.29, 1.82) is 0 Å². The fourth-order valence-corrected chi connectivity index (χ4v) is 3.42. The van der Waals surface area contributed by atoms with Crippen molar-refractivity contribution in [3.05, 3.63) is 71.3 Å². The summed E-state index contributed by atoms with van der Waals surface area (Å²) in [6, 6.07) is 16.7. The fourth-order valence-electron chi connectivity index (χ4n) is 3.42. The molecule has 1 fully saturated rings. The van der Waals surface area contributed by atoms with Crippen molar-refractivity contribution in [2.24, 2.45) is 5.73 Å². The number of benzene rings is 2. The molecule has 5 nitrogen and oxygen atoms in total. The Kier molecular flexibility index (Phi) is 8.03. The van der Waals surface area contributed by atoms with Crippen molar-refractivity contribution in [3.63, 3.8) is 0 Å². The van der Waals surface area contributed by atoms with Crippen LogP contribution in [0.4, 0.5) is 0 Å². The second-order valence-corrected chi connectivity index (χ2v) is 7.25. The van der Waals surface area contributed by atoms with Crippen LogP contribution >= 0.6 is 12.4 Å². The number of carbonyl (C=O) groups is 2. The molecule has 1 aliphatic rings. The highest BCUT2D eigenvalue weighted by Gasteiger charge is 2.25. The molecular formula is C22H28ClN3O2. The summed E-state index contributed by atoms with van der Waals surface area (Å²) >= 11 is 0. The molecule has 6 heteroatoms. The molecular weight excluding hydrogens is 374 g/mol. The quantitative estimate of drug-likeness (QED) is 0.807. The van der Waals surface area contributed by atoms with Gasteiger partial charge in [0, 0.05) is 24.7 Å².